The number of urea groups is 1. The lowest BCUT2D eigenvalue weighted by molar-refractivity contribution is -0.159. The van der Waals surface area contributed by atoms with E-state index in [4.69, 9.17) is 34.5 Å². The van der Waals surface area contributed by atoms with Gasteiger partial charge in [0.25, 0.3) is 0 Å². The third-order valence-corrected chi connectivity index (χ3v) is 5.48. The molecule has 2 aliphatic rings. The van der Waals surface area contributed by atoms with Gasteiger partial charge in [-0.25, -0.2) is 14.4 Å². The molecule has 1 atom stereocenters. The van der Waals surface area contributed by atoms with E-state index in [0.717, 1.165) is 18.5 Å². The molecule has 0 saturated carbocycles. The Morgan fingerprint density at radius 2 is 1.71 bits per heavy atom. The maximum absolute atomic E-state index is 12.8. The summed E-state index contributed by atoms with van der Waals surface area (Å²) < 4.78 is 10.6. The Morgan fingerprint density at radius 1 is 1.09 bits per heavy atom. The van der Waals surface area contributed by atoms with E-state index in [-0.39, 0.29) is 24.5 Å². The zero-order valence-corrected chi connectivity index (χ0v) is 19.6. The molecule has 1 unspecified atom stereocenters. The van der Waals surface area contributed by atoms with Crippen LogP contribution in [0.4, 0.5) is 10.5 Å². The molecule has 0 radical (unpaired) electrons. The predicted octanol–water partition coefficient (Wildman–Crippen LogP) is 0.206. The van der Waals surface area contributed by atoms with Gasteiger partial charge in [0, 0.05) is 50.9 Å². The van der Waals surface area contributed by atoms with Crippen molar-refractivity contribution in [3.63, 3.8) is 0 Å². The second-order valence-corrected chi connectivity index (χ2v) is 7.65. The molecular formula is C22H29N5O8. The summed E-state index contributed by atoms with van der Waals surface area (Å²) in [5, 5.41) is 27.0. The van der Waals surface area contributed by atoms with E-state index in [1.807, 2.05) is 12.1 Å². The first kappa shape index (κ1) is 27.2. The van der Waals surface area contributed by atoms with Crippen LogP contribution in [-0.4, -0.2) is 103 Å². The van der Waals surface area contributed by atoms with Gasteiger partial charge in [0.05, 0.1) is 32.5 Å². The van der Waals surface area contributed by atoms with E-state index in [9.17, 15) is 9.59 Å². The Labute approximate surface area is 202 Å². The Kier molecular flexibility index (Phi) is 10.1. The third kappa shape index (κ3) is 7.47. The molecule has 190 valence electrons. The summed E-state index contributed by atoms with van der Waals surface area (Å²) in [6.45, 7) is 3.02. The van der Waals surface area contributed by atoms with Gasteiger partial charge in [-0.05, 0) is 12.8 Å². The summed E-state index contributed by atoms with van der Waals surface area (Å²) in [5.74, 6) is -2.45. The van der Waals surface area contributed by atoms with Crippen molar-refractivity contribution < 1.29 is 38.9 Å². The number of hydrogen-bond acceptors (Lipinski definition) is 8. The Balaban J connectivity index is 0.000000641. The number of benzene rings is 1. The Bertz CT molecular complexity index is 945. The Hall–Kier alpha value is -4.05. The fraction of sp³-hybridized carbons (Fsp3) is 0.500. The van der Waals surface area contributed by atoms with Crippen LogP contribution < -0.4 is 19.7 Å². The molecule has 2 saturated heterocycles. The van der Waals surface area contributed by atoms with Crippen molar-refractivity contribution in [2.24, 2.45) is 0 Å². The molecule has 3 rings (SSSR count). The van der Waals surface area contributed by atoms with Crippen molar-refractivity contribution in [3.8, 4) is 17.6 Å². The highest BCUT2D eigenvalue weighted by Gasteiger charge is 2.30. The van der Waals surface area contributed by atoms with Crippen molar-refractivity contribution >= 4 is 29.6 Å². The van der Waals surface area contributed by atoms with Crippen LogP contribution in [0.15, 0.2) is 18.2 Å². The highest BCUT2D eigenvalue weighted by atomic mass is 16.5. The van der Waals surface area contributed by atoms with Crippen molar-refractivity contribution in [1.82, 2.24) is 15.1 Å². The highest BCUT2D eigenvalue weighted by molar-refractivity contribution is 6.27. The summed E-state index contributed by atoms with van der Waals surface area (Å²) in [7, 11) is 3.15. The second-order valence-electron chi connectivity index (χ2n) is 7.65. The number of rotatable bonds is 8. The molecule has 2 heterocycles. The van der Waals surface area contributed by atoms with Crippen molar-refractivity contribution in [2.45, 2.75) is 18.9 Å². The van der Waals surface area contributed by atoms with Gasteiger partial charge in [-0.2, -0.15) is 5.26 Å². The van der Waals surface area contributed by atoms with E-state index < -0.39 is 11.9 Å². The fourth-order valence-corrected chi connectivity index (χ4v) is 3.69. The van der Waals surface area contributed by atoms with Gasteiger partial charge >= 0.3 is 18.0 Å². The summed E-state index contributed by atoms with van der Waals surface area (Å²) >= 11 is 0. The number of amides is 3. The monoisotopic (exact) mass is 491 g/mol. The van der Waals surface area contributed by atoms with E-state index in [1.165, 1.54) is 0 Å². The predicted molar refractivity (Wildman–Crippen MR) is 122 cm³/mol. The van der Waals surface area contributed by atoms with Gasteiger partial charge in [0.2, 0.25) is 5.91 Å². The normalized spacial score (nSPS) is 16.9. The lowest BCUT2D eigenvalue weighted by Crippen LogP contribution is -2.43. The number of carboxylic acids is 2. The second kappa shape index (κ2) is 13.0. The van der Waals surface area contributed by atoms with Crippen LogP contribution in [0.25, 0.3) is 0 Å². The number of nitriles is 1. The van der Waals surface area contributed by atoms with Crippen molar-refractivity contribution in [2.75, 3.05) is 58.4 Å². The number of hydrogen-bond donors (Lipinski definition) is 3. The van der Waals surface area contributed by atoms with E-state index in [1.54, 1.807) is 35.0 Å². The number of carboxylic acid groups (broad SMARTS) is 2. The molecule has 13 heteroatoms. The number of methoxy groups -OCH3 is 2. The minimum atomic E-state index is -1.82. The number of anilines is 1. The molecule has 2 aliphatic heterocycles. The first-order chi connectivity index (χ1) is 16.7. The molecule has 0 aliphatic carbocycles. The number of carbonyl (C=O) groups excluding carboxylic acids is 2. The summed E-state index contributed by atoms with van der Waals surface area (Å²) in [5.41, 5.74) is 0.730. The number of carbonyl (C=O) groups is 4. The average molecular weight is 492 g/mol. The maximum atomic E-state index is 12.8. The van der Waals surface area contributed by atoms with E-state index >= 15 is 0 Å². The number of likely N-dealkylation sites (tertiary alicyclic amines) is 1. The van der Waals surface area contributed by atoms with Crippen LogP contribution in [0.2, 0.25) is 0 Å². The van der Waals surface area contributed by atoms with Crippen LogP contribution in [0.3, 0.4) is 0 Å². The van der Waals surface area contributed by atoms with Crippen LogP contribution in [0.1, 0.15) is 12.8 Å². The number of aliphatic carboxylic acids is 2. The molecule has 2 fully saturated rings. The van der Waals surface area contributed by atoms with Crippen molar-refractivity contribution in [3.05, 3.63) is 18.2 Å². The highest BCUT2D eigenvalue weighted by Crippen LogP contribution is 2.30. The topological polar surface area (TPSA) is 173 Å². The standard InChI is InChI=1S/C20H27N5O4.C2H2O4/c1-28-17-10-16(11-18(12-17)29-2)25-9-8-23(20(25)27)7-5-22-14-19(26)24-6-3-4-15(24)13-21;3-1(4)2(5)6/h10-12,15,22H,3-9,14H2,1-2H3;(H,3,4)(H,5,6). The molecule has 0 aromatic heterocycles. The molecular weight excluding hydrogens is 462 g/mol. The minimum Gasteiger partial charge on any atom is -0.497 e. The van der Waals surface area contributed by atoms with Gasteiger partial charge in [0.15, 0.2) is 0 Å². The zero-order chi connectivity index (χ0) is 26.0. The van der Waals surface area contributed by atoms with Crippen LogP contribution >= 0.6 is 0 Å². The quantitative estimate of drug-likeness (QED) is 0.337. The van der Waals surface area contributed by atoms with Crippen LogP contribution in [0, 0.1) is 11.3 Å². The minimum absolute atomic E-state index is 0.0631. The van der Waals surface area contributed by atoms with Gasteiger partial charge in [-0.3, -0.25) is 9.69 Å². The fourth-order valence-electron chi connectivity index (χ4n) is 3.69. The lowest BCUT2D eigenvalue weighted by Gasteiger charge is -2.21. The molecule has 3 N–H and O–H groups in total. The SMILES string of the molecule is COc1cc(OC)cc(N2CCN(CCNCC(=O)N3CCCC3C#N)C2=O)c1.O=C(O)C(=O)O. The molecule has 1 aromatic carbocycles. The number of nitrogens with one attached hydrogen (secondary N) is 1. The number of nitrogens with zero attached hydrogens (tertiary/aromatic N) is 4. The number of ether oxygens (including phenoxy) is 2. The largest absolute Gasteiger partial charge is 0.497 e. The average Bonchev–Trinajstić information content (AvgIpc) is 3.48. The molecule has 35 heavy (non-hydrogen) atoms. The van der Waals surface area contributed by atoms with Gasteiger partial charge in [-0.15, -0.1) is 0 Å². The van der Waals surface area contributed by atoms with Gasteiger partial charge in [0.1, 0.15) is 17.5 Å². The van der Waals surface area contributed by atoms with Gasteiger partial charge in [-0.1, -0.05) is 0 Å². The molecule has 0 spiro atoms. The van der Waals surface area contributed by atoms with E-state index in [0.29, 0.717) is 44.2 Å². The van der Waals surface area contributed by atoms with Crippen LogP contribution in [-0.2, 0) is 14.4 Å². The Morgan fingerprint density at radius 3 is 2.26 bits per heavy atom. The molecule has 13 nitrogen and oxygen atoms in total. The van der Waals surface area contributed by atoms with E-state index in [2.05, 4.69) is 11.4 Å². The molecule has 3 amide bonds. The molecule has 0 bridgehead atoms. The third-order valence-electron chi connectivity index (χ3n) is 5.48. The van der Waals surface area contributed by atoms with Crippen molar-refractivity contribution in [1.29, 1.82) is 5.26 Å². The zero-order valence-electron chi connectivity index (χ0n) is 19.6. The first-order valence-electron chi connectivity index (χ1n) is 10.9. The molecule has 1 aromatic rings. The smallest absolute Gasteiger partial charge is 0.414 e. The summed E-state index contributed by atoms with van der Waals surface area (Å²) in [6.07, 6.45) is 1.62. The van der Waals surface area contributed by atoms with Crippen LogP contribution in [0.5, 0.6) is 11.5 Å². The summed E-state index contributed by atoms with van der Waals surface area (Å²) in [6, 6.07) is 7.16. The lowest BCUT2D eigenvalue weighted by atomic mass is 10.2. The maximum Gasteiger partial charge on any atom is 0.414 e. The first-order valence-corrected chi connectivity index (χ1v) is 10.9. The van der Waals surface area contributed by atoms with Gasteiger partial charge < -0.3 is 34.8 Å². The summed E-state index contributed by atoms with van der Waals surface area (Å²) in [4.78, 5) is 48.3.